The second-order valence-electron chi connectivity index (χ2n) is 17.9. The SMILES string of the molecule is CCC[CH2][Zr]1([CH2]CCC)[CH]2C(CC)=C(c3cccc4ccccc34)c3c2cccc3[Si](C)(c2ccccc2)c2cccc3c2C(c2cccc4ccccc24)=C(CC)[CH]31. The van der Waals surface area contributed by atoms with Gasteiger partial charge in [-0.05, 0) is 0 Å². The molecule has 3 aliphatic rings. The first-order valence-electron chi connectivity index (χ1n) is 22.8. The van der Waals surface area contributed by atoms with Crippen LogP contribution in [0.4, 0.5) is 0 Å². The van der Waals surface area contributed by atoms with Gasteiger partial charge in [-0.25, -0.2) is 0 Å². The Labute approximate surface area is 358 Å². The van der Waals surface area contributed by atoms with E-state index in [-0.39, 0.29) is 0 Å². The van der Waals surface area contributed by atoms with Crippen molar-refractivity contribution in [2.24, 2.45) is 0 Å². The van der Waals surface area contributed by atoms with Gasteiger partial charge in [0.15, 0.2) is 0 Å². The van der Waals surface area contributed by atoms with Crippen molar-refractivity contribution >= 4 is 56.3 Å². The summed E-state index contributed by atoms with van der Waals surface area (Å²) in [6, 6.07) is 60.0. The van der Waals surface area contributed by atoms with Crippen LogP contribution in [0.25, 0.3) is 32.7 Å². The van der Waals surface area contributed by atoms with E-state index in [0.717, 1.165) is 12.8 Å². The normalized spacial score (nSPS) is 20.2. The van der Waals surface area contributed by atoms with Crippen LogP contribution in [-0.2, 0) is 20.3 Å². The molecule has 0 nitrogen and oxygen atoms in total. The van der Waals surface area contributed by atoms with Crippen LogP contribution >= 0.6 is 0 Å². The van der Waals surface area contributed by atoms with Crippen LogP contribution in [0.1, 0.15) is 107 Å². The predicted molar refractivity (Wildman–Crippen MR) is 255 cm³/mol. The fourth-order valence-corrected chi connectivity index (χ4v) is 35.5. The van der Waals surface area contributed by atoms with E-state index in [0.29, 0.717) is 7.25 Å². The summed E-state index contributed by atoms with van der Waals surface area (Å²) in [6.45, 7) is 12.7. The molecule has 2 heteroatoms. The molecule has 2 unspecified atom stereocenters. The summed E-state index contributed by atoms with van der Waals surface area (Å²) in [4.78, 5) is 0. The monoisotopic (exact) mass is 860 g/mol. The van der Waals surface area contributed by atoms with Gasteiger partial charge in [-0.2, -0.15) is 0 Å². The number of hydrogen-bond donors (Lipinski definition) is 0. The first-order valence-corrected chi connectivity index (χ1v) is 31.6. The molecule has 2 atom stereocenters. The Kier molecular flexibility index (Phi) is 10.3. The topological polar surface area (TPSA) is 0 Å². The Bertz CT molecular complexity index is 2620. The van der Waals surface area contributed by atoms with Gasteiger partial charge in [-0.15, -0.1) is 0 Å². The van der Waals surface area contributed by atoms with Crippen molar-refractivity contribution in [1.82, 2.24) is 0 Å². The summed E-state index contributed by atoms with van der Waals surface area (Å²) in [6.07, 6.45) is 7.35. The van der Waals surface area contributed by atoms with E-state index >= 15 is 0 Å². The van der Waals surface area contributed by atoms with Crippen LogP contribution < -0.4 is 15.6 Å². The molecule has 0 saturated carbocycles. The van der Waals surface area contributed by atoms with Crippen LogP contribution in [-0.4, -0.2) is 8.07 Å². The molecule has 0 aromatic heterocycles. The summed E-state index contributed by atoms with van der Waals surface area (Å²) in [7, 11) is -2.71. The third-order valence-electron chi connectivity index (χ3n) is 15.1. The summed E-state index contributed by atoms with van der Waals surface area (Å²) in [5.74, 6) is 0. The molecular formula is C57H58SiZr. The Morgan fingerprint density at radius 2 is 0.881 bits per heavy atom. The van der Waals surface area contributed by atoms with Gasteiger partial charge < -0.3 is 0 Å². The van der Waals surface area contributed by atoms with E-state index in [2.05, 4.69) is 186 Å². The van der Waals surface area contributed by atoms with Gasteiger partial charge in [0.05, 0.1) is 0 Å². The summed E-state index contributed by atoms with van der Waals surface area (Å²) < 4.78 is 3.91. The predicted octanol–water partition coefficient (Wildman–Crippen LogP) is 14.2. The molecule has 1 aliphatic heterocycles. The Balaban J connectivity index is 1.44. The fourth-order valence-electron chi connectivity index (χ4n) is 12.7. The van der Waals surface area contributed by atoms with Crippen molar-refractivity contribution in [1.29, 1.82) is 0 Å². The van der Waals surface area contributed by atoms with Crippen LogP contribution in [0.5, 0.6) is 0 Å². The van der Waals surface area contributed by atoms with Crippen molar-refractivity contribution < 1.29 is 20.3 Å². The van der Waals surface area contributed by atoms with E-state index in [1.807, 2.05) is 0 Å². The van der Waals surface area contributed by atoms with Crippen LogP contribution in [0.3, 0.4) is 0 Å². The standard InChI is InChI=1S/C49H40Si.2C4H9.Zr/c1-4-33-31-37-21-15-29-44(48(37)46(33)42-27-13-19-35-17-9-11-25-40(35)42)50(3,39-23-7-6-8-24-39)45-30-16-22-38-32-34(5-2)47(49(38)45)43-28-14-20-36-18-10-12-26-41(36)43;2*1-3-4-2;/h6-32H,4-5H2,1-3H3;2*1,3-4H2,2H3;. The molecule has 1 heterocycles. The van der Waals surface area contributed by atoms with E-state index < -0.39 is 28.3 Å². The quantitative estimate of drug-likeness (QED) is 0.114. The first-order chi connectivity index (χ1) is 29.0. The molecule has 7 aromatic rings. The molecule has 8 bridgehead atoms. The minimum atomic E-state index is -3.55. The number of allylic oxidation sites excluding steroid dienone is 2. The Morgan fingerprint density at radius 3 is 1.34 bits per heavy atom. The Hall–Kier alpha value is -4.36. The van der Waals surface area contributed by atoms with E-state index in [9.17, 15) is 0 Å². The molecule has 59 heavy (non-hydrogen) atoms. The number of fused-ring (bicyclic) bond motifs is 2. The van der Waals surface area contributed by atoms with Crippen molar-refractivity contribution in [3.63, 3.8) is 0 Å². The van der Waals surface area contributed by atoms with Crippen molar-refractivity contribution in [2.45, 2.75) is 88.3 Å². The molecule has 0 amide bonds. The first kappa shape index (κ1) is 38.8. The van der Waals surface area contributed by atoms with Gasteiger partial charge >= 0.3 is 361 Å². The van der Waals surface area contributed by atoms with Crippen LogP contribution in [0, 0.1) is 0 Å². The average Bonchev–Trinajstić information content (AvgIpc) is 3.82. The van der Waals surface area contributed by atoms with Crippen LogP contribution in [0.15, 0.2) is 163 Å². The van der Waals surface area contributed by atoms with E-state index in [4.69, 9.17) is 0 Å². The zero-order chi connectivity index (χ0) is 40.3. The molecule has 294 valence electrons. The molecule has 0 N–H and O–H groups in total. The number of unbranched alkanes of at least 4 members (excludes halogenated alkanes) is 2. The van der Waals surface area contributed by atoms with Gasteiger partial charge in [-0.3, -0.25) is 0 Å². The number of benzene rings is 7. The molecule has 7 aromatic carbocycles. The van der Waals surface area contributed by atoms with Gasteiger partial charge in [0.25, 0.3) is 0 Å². The molecular weight excluding hydrogens is 804 g/mol. The molecule has 0 fully saturated rings. The third-order valence-corrected chi connectivity index (χ3v) is 34.8. The molecule has 2 aliphatic carbocycles. The summed E-state index contributed by atoms with van der Waals surface area (Å²) in [5.41, 5.74) is 16.2. The van der Waals surface area contributed by atoms with E-state index in [1.165, 1.54) is 71.8 Å². The van der Waals surface area contributed by atoms with Crippen molar-refractivity contribution in [3.05, 3.63) is 196 Å². The minimum absolute atomic E-state index is 0.526. The van der Waals surface area contributed by atoms with Gasteiger partial charge in [0.1, 0.15) is 0 Å². The second kappa shape index (κ2) is 15.6. The zero-order valence-corrected chi connectivity index (χ0v) is 39.2. The van der Waals surface area contributed by atoms with Gasteiger partial charge in [0.2, 0.25) is 0 Å². The van der Waals surface area contributed by atoms with Crippen molar-refractivity contribution in [3.8, 4) is 0 Å². The second-order valence-corrected chi connectivity index (χ2v) is 33.2. The molecule has 0 radical (unpaired) electrons. The maximum atomic E-state index is 2.72. The maximum absolute atomic E-state index is 3.55. The van der Waals surface area contributed by atoms with Crippen LogP contribution in [0.2, 0.25) is 14.8 Å². The zero-order valence-electron chi connectivity index (χ0n) is 35.7. The third kappa shape index (κ3) is 5.76. The van der Waals surface area contributed by atoms with Gasteiger partial charge in [-0.1, -0.05) is 0 Å². The van der Waals surface area contributed by atoms with E-state index in [1.54, 1.807) is 54.9 Å². The molecule has 0 saturated heterocycles. The molecule has 10 rings (SSSR count). The summed E-state index contributed by atoms with van der Waals surface area (Å²) >= 11 is -3.55. The number of hydrogen-bond acceptors (Lipinski definition) is 0. The number of rotatable bonds is 11. The van der Waals surface area contributed by atoms with Gasteiger partial charge in [0, 0.05) is 0 Å². The fraction of sp³-hybridized carbons (Fsp3) is 0.263. The average molecular weight is 862 g/mol. The summed E-state index contributed by atoms with van der Waals surface area (Å²) in [5, 5.41) is 10.2. The Morgan fingerprint density at radius 1 is 0.458 bits per heavy atom. The van der Waals surface area contributed by atoms with Crippen molar-refractivity contribution in [2.75, 3.05) is 0 Å². The molecule has 0 spiro atoms.